The third-order valence-corrected chi connectivity index (χ3v) is 3.80. The van der Waals surface area contributed by atoms with Crippen LogP contribution in [0.2, 0.25) is 0 Å². The van der Waals surface area contributed by atoms with Crippen LogP contribution in [0.4, 0.5) is 0 Å². The Kier molecular flexibility index (Phi) is 3.02. The van der Waals surface area contributed by atoms with Gasteiger partial charge in [0.2, 0.25) is 0 Å². The summed E-state index contributed by atoms with van der Waals surface area (Å²) in [4.78, 5) is 15.7. The van der Waals surface area contributed by atoms with Gasteiger partial charge < -0.3 is 4.74 Å². The molecule has 0 N–H and O–H groups in total. The van der Waals surface area contributed by atoms with Crippen LogP contribution in [0.3, 0.4) is 0 Å². The number of hydrogen-bond acceptors (Lipinski definition) is 5. The number of fused-ring (bicyclic) bond motifs is 1. The lowest BCUT2D eigenvalue weighted by Gasteiger charge is -2.07. The molecule has 0 aliphatic carbocycles. The molecular formula is C13H13N3O2S. The number of ether oxygens (including phenoxy) is 1. The minimum atomic E-state index is -0.0227. The molecule has 98 valence electrons. The maximum Gasteiger partial charge on any atom is 0.259 e. The summed E-state index contributed by atoms with van der Waals surface area (Å²) in [5.74, 6) is 1.77. The SMILES string of the molecule is Cc1ccc(C)c(OCc2nc3n(n2)C(=O)CS3)c1. The molecule has 0 radical (unpaired) electrons. The van der Waals surface area contributed by atoms with Crippen molar-refractivity contribution in [2.45, 2.75) is 25.6 Å². The van der Waals surface area contributed by atoms with Crippen molar-refractivity contribution < 1.29 is 9.53 Å². The lowest BCUT2D eigenvalue weighted by molar-refractivity contribution is 0.0922. The zero-order valence-electron chi connectivity index (χ0n) is 10.7. The number of aromatic nitrogens is 3. The Morgan fingerprint density at radius 1 is 1.42 bits per heavy atom. The summed E-state index contributed by atoms with van der Waals surface area (Å²) in [6.07, 6.45) is 0. The summed E-state index contributed by atoms with van der Waals surface area (Å²) in [6, 6.07) is 6.05. The molecule has 6 heteroatoms. The van der Waals surface area contributed by atoms with Gasteiger partial charge in [0.1, 0.15) is 12.4 Å². The van der Waals surface area contributed by atoms with Gasteiger partial charge in [0.15, 0.2) is 11.0 Å². The lowest BCUT2D eigenvalue weighted by Crippen LogP contribution is -2.09. The molecule has 19 heavy (non-hydrogen) atoms. The summed E-state index contributed by atoms with van der Waals surface area (Å²) in [6.45, 7) is 4.29. The van der Waals surface area contributed by atoms with E-state index in [0.717, 1.165) is 16.9 Å². The van der Waals surface area contributed by atoms with Gasteiger partial charge in [0.05, 0.1) is 5.75 Å². The van der Waals surface area contributed by atoms with Gasteiger partial charge in [0.25, 0.3) is 5.91 Å². The first-order valence-electron chi connectivity index (χ1n) is 5.95. The van der Waals surface area contributed by atoms with Crippen molar-refractivity contribution in [3.05, 3.63) is 35.2 Å². The largest absolute Gasteiger partial charge is 0.485 e. The van der Waals surface area contributed by atoms with E-state index in [-0.39, 0.29) is 12.5 Å². The molecule has 2 aromatic rings. The second-order valence-electron chi connectivity index (χ2n) is 4.46. The average molecular weight is 275 g/mol. The first-order valence-corrected chi connectivity index (χ1v) is 6.94. The highest BCUT2D eigenvalue weighted by Crippen LogP contribution is 2.24. The van der Waals surface area contributed by atoms with Crippen LogP contribution < -0.4 is 4.74 Å². The van der Waals surface area contributed by atoms with Crippen LogP contribution in [0.15, 0.2) is 23.4 Å². The zero-order valence-corrected chi connectivity index (χ0v) is 11.5. The Balaban J connectivity index is 1.74. The minimum absolute atomic E-state index is 0.0227. The van der Waals surface area contributed by atoms with Crippen molar-refractivity contribution in [2.75, 3.05) is 5.75 Å². The molecular weight excluding hydrogens is 262 g/mol. The number of rotatable bonds is 3. The van der Waals surface area contributed by atoms with E-state index in [9.17, 15) is 4.79 Å². The molecule has 5 nitrogen and oxygen atoms in total. The van der Waals surface area contributed by atoms with Crippen molar-refractivity contribution in [2.24, 2.45) is 0 Å². The van der Waals surface area contributed by atoms with E-state index >= 15 is 0 Å². The minimum Gasteiger partial charge on any atom is -0.485 e. The predicted octanol–water partition coefficient (Wildman–Crippen LogP) is 2.22. The molecule has 0 saturated heterocycles. The van der Waals surface area contributed by atoms with Gasteiger partial charge in [-0.2, -0.15) is 4.68 Å². The number of benzene rings is 1. The number of aryl methyl sites for hydroxylation is 2. The van der Waals surface area contributed by atoms with Gasteiger partial charge in [-0.25, -0.2) is 4.98 Å². The summed E-state index contributed by atoms with van der Waals surface area (Å²) in [7, 11) is 0. The molecule has 0 fully saturated rings. The van der Waals surface area contributed by atoms with E-state index in [1.54, 1.807) is 0 Å². The van der Waals surface area contributed by atoms with Crippen LogP contribution in [0.1, 0.15) is 21.7 Å². The number of hydrogen-bond donors (Lipinski definition) is 0. The molecule has 1 aliphatic heterocycles. The maximum atomic E-state index is 11.5. The van der Waals surface area contributed by atoms with E-state index in [4.69, 9.17) is 4.74 Å². The van der Waals surface area contributed by atoms with E-state index < -0.39 is 0 Å². The predicted molar refractivity (Wildman–Crippen MR) is 71.6 cm³/mol. The molecule has 0 amide bonds. The highest BCUT2D eigenvalue weighted by molar-refractivity contribution is 8.00. The Hall–Kier alpha value is -1.82. The number of carbonyl (C=O) groups is 1. The van der Waals surface area contributed by atoms with Gasteiger partial charge in [-0.05, 0) is 31.0 Å². The average Bonchev–Trinajstić information content (AvgIpc) is 2.93. The topological polar surface area (TPSA) is 57.0 Å². The second-order valence-corrected chi connectivity index (χ2v) is 5.40. The molecule has 1 aromatic carbocycles. The smallest absolute Gasteiger partial charge is 0.259 e. The Labute approximate surface area is 115 Å². The number of nitrogens with zero attached hydrogens (tertiary/aromatic N) is 3. The first kappa shape index (κ1) is 12.2. The molecule has 1 aliphatic rings. The van der Waals surface area contributed by atoms with E-state index in [0.29, 0.717) is 16.7 Å². The highest BCUT2D eigenvalue weighted by Gasteiger charge is 2.23. The number of carbonyl (C=O) groups excluding carboxylic acids is 1. The van der Waals surface area contributed by atoms with Crippen molar-refractivity contribution in [1.82, 2.24) is 14.8 Å². The third kappa shape index (κ3) is 2.35. The monoisotopic (exact) mass is 275 g/mol. The Bertz CT molecular complexity index is 651. The maximum absolute atomic E-state index is 11.5. The standard InChI is InChI=1S/C13H13N3O2S/c1-8-3-4-9(2)10(5-8)18-6-11-14-13-16(15-11)12(17)7-19-13/h3-5H,6-7H2,1-2H3. The third-order valence-electron chi connectivity index (χ3n) is 2.88. The molecule has 0 bridgehead atoms. The molecule has 0 atom stereocenters. The second kappa shape index (κ2) is 4.70. The van der Waals surface area contributed by atoms with Gasteiger partial charge in [-0.15, -0.1) is 5.10 Å². The molecule has 0 spiro atoms. The first-order chi connectivity index (χ1) is 9.13. The normalized spacial score (nSPS) is 13.7. The Morgan fingerprint density at radius 2 is 2.26 bits per heavy atom. The fourth-order valence-electron chi connectivity index (χ4n) is 1.85. The lowest BCUT2D eigenvalue weighted by atomic mass is 10.1. The fourth-order valence-corrected chi connectivity index (χ4v) is 2.66. The summed E-state index contributed by atoms with van der Waals surface area (Å²) < 4.78 is 7.07. The Morgan fingerprint density at radius 3 is 3.05 bits per heavy atom. The van der Waals surface area contributed by atoms with Crippen LogP contribution in [0.5, 0.6) is 5.75 Å². The molecule has 0 unspecified atom stereocenters. The van der Waals surface area contributed by atoms with Crippen LogP contribution in [-0.4, -0.2) is 26.4 Å². The quantitative estimate of drug-likeness (QED) is 0.859. The van der Waals surface area contributed by atoms with Crippen molar-refractivity contribution in [3.63, 3.8) is 0 Å². The molecule has 2 heterocycles. The zero-order chi connectivity index (χ0) is 13.4. The van der Waals surface area contributed by atoms with Crippen molar-refractivity contribution in [1.29, 1.82) is 0 Å². The van der Waals surface area contributed by atoms with E-state index in [1.807, 2.05) is 32.0 Å². The van der Waals surface area contributed by atoms with E-state index in [1.165, 1.54) is 16.4 Å². The van der Waals surface area contributed by atoms with Crippen LogP contribution in [0.25, 0.3) is 0 Å². The van der Waals surface area contributed by atoms with Crippen LogP contribution >= 0.6 is 11.8 Å². The molecule has 3 rings (SSSR count). The van der Waals surface area contributed by atoms with Gasteiger partial charge >= 0.3 is 0 Å². The summed E-state index contributed by atoms with van der Waals surface area (Å²) >= 11 is 1.41. The summed E-state index contributed by atoms with van der Waals surface area (Å²) in [5.41, 5.74) is 2.22. The van der Waals surface area contributed by atoms with Crippen molar-refractivity contribution >= 4 is 17.7 Å². The highest BCUT2D eigenvalue weighted by atomic mass is 32.2. The fraction of sp³-hybridized carbons (Fsp3) is 0.308. The molecule has 0 saturated carbocycles. The number of thioether (sulfide) groups is 1. The van der Waals surface area contributed by atoms with Crippen LogP contribution in [0, 0.1) is 13.8 Å². The van der Waals surface area contributed by atoms with Crippen LogP contribution in [-0.2, 0) is 6.61 Å². The van der Waals surface area contributed by atoms with E-state index in [2.05, 4.69) is 10.1 Å². The summed E-state index contributed by atoms with van der Waals surface area (Å²) in [5, 5.41) is 4.81. The van der Waals surface area contributed by atoms with Gasteiger partial charge in [-0.3, -0.25) is 4.79 Å². The van der Waals surface area contributed by atoms with Crippen molar-refractivity contribution in [3.8, 4) is 5.75 Å². The van der Waals surface area contributed by atoms with Gasteiger partial charge in [-0.1, -0.05) is 23.9 Å². The van der Waals surface area contributed by atoms with Gasteiger partial charge in [0, 0.05) is 0 Å². The molecule has 1 aromatic heterocycles.